The van der Waals surface area contributed by atoms with Crippen molar-refractivity contribution >= 4 is 16.5 Å². The number of aryl methyl sites for hydroxylation is 1. The second-order valence-corrected chi connectivity index (χ2v) is 6.62. The summed E-state index contributed by atoms with van der Waals surface area (Å²) in [6.45, 7) is 12.6. The zero-order valence-electron chi connectivity index (χ0n) is 13.1. The predicted octanol–water partition coefficient (Wildman–Crippen LogP) is 2.82. The van der Waals surface area contributed by atoms with Crippen molar-refractivity contribution in [1.82, 2.24) is 10.3 Å². The van der Waals surface area contributed by atoms with Crippen LogP contribution in [0.4, 0.5) is 5.13 Å². The first-order chi connectivity index (χ1) is 9.63. The summed E-state index contributed by atoms with van der Waals surface area (Å²) in [5, 5.41) is 4.65. The molecule has 2 rings (SSSR count). The largest absolute Gasteiger partial charge is 0.372 e. The summed E-state index contributed by atoms with van der Waals surface area (Å²) in [6, 6.07) is 0. The lowest BCUT2D eigenvalue weighted by atomic mass is 10.2. The molecule has 0 aliphatic carbocycles. The second-order valence-electron chi connectivity index (χ2n) is 5.56. The van der Waals surface area contributed by atoms with Crippen molar-refractivity contribution in [2.24, 2.45) is 0 Å². The van der Waals surface area contributed by atoms with E-state index in [2.05, 4.69) is 37.9 Å². The highest BCUT2D eigenvalue weighted by atomic mass is 32.1. The third-order valence-electron chi connectivity index (χ3n) is 3.50. The molecular weight excluding hydrogens is 270 g/mol. The maximum Gasteiger partial charge on any atom is 0.186 e. The van der Waals surface area contributed by atoms with Crippen LogP contribution in [0.25, 0.3) is 0 Å². The number of ether oxygens (including phenoxy) is 1. The molecule has 0 saturated carbocycles. The summed E-state index contributed by atoms with van der Waals surface area (Å²) in [5.41, 5.74) is 1.25. The molecule has 0 spiro atoms. The third kappa shape index (κ3) is 3.93. The molecule has 1 aromatic rings. The molecule has 1 fully saturated rings. The van der Waals surface area contributed by atoms with E-state index in [1.807, 2.05) is 11.3 Å². The van der Waals surface area contributed by atoms with Gasteiger partial charge in [-0.2, -0.15) is 0 Å². The smallest absolute Gasteiger partial charge is 0.186 e. The molecule has 1 aliphatic rings. The molecule has 2 unspecified atom stereocenters. The van der Waals surface area contributed by atoms with E-state index in [-0.39, 0.29) is 12.2 Å². The number of thiazole rings is 1. The zero-order chi connectivity index (χ0) is 14.5. The van der Waals surface area contributed by atoms with Crippen LogP contribution >= 0.6 is 11.3 Å². The second kappa shape index (κ2) is 7.38. The minimum absolute atomic E-state index is 0.286. The molecule has 4 nitrogen and oxygen atoms in total. The zero-order valence-corrected chi connectivity index (χ0v) is 13.9. The van der Waals surface area contributed by atoms with Crippen LogP contribution in [0.15, 0.2) is 0 Å². The van der Waals surface area contributed by atoms with Gasteiger partial charge in [0.15, 0.2) is 5.13 Å². The van der Waals surface area contributed by atoms with E-state index in [4.69, 9.17) is 9.72 Å². The van der Waals surface area contributed by atoms with Crippen LogP contribution in [0, 0.1) is 0 Å². The number of hydrogen-bond acceptors (Lipinski definition) is 5. The Morgan fingerprint density at radius 2 is 2.00 bits per heavy atom. The van der Waals surface area contributed by atoms with Gasteiger partial charge in [-0.3, -0.25) is 0 Å². The lowest BCUT2D eigenvalue weighted by Crippen LogP contribution is -2.45. The van der Waals surface area contributed by atoms with E-state index in [0.29, 0.717) is 0 Å². The number of hydrogen-bond donors (Lipinski definition) is 1. The quantitative estimate of drug-likeness (QED) is 0.819. The summed E-state index contributed by atoms with van der Waals surface area (Å²) >= 11 is 1.84. The van der Waals surface area contributed by atoms with Crippen LogP contribution in [-0.4, -0.2) is 36.8 Å². The summed E-state index contributed by atoms with van der Waals surface area (Å²) in [6.07, 6.45) is 2.75. The Morgan fingerprint density at radius 3 is 2.60 bits per heavy atom. The number of morpholine rings is 1. The first-order valence-corrected chi connectivity index (χ1v) is 8.55. The SMILES string of the molecule is CCCNCc1sc(N2CC(C)OC(C)C2)nc1CC. The van der Waals surface area contributed by atoms with Gasteiger partial charge < -0.3 is 15.0 Å². The molecule has 1 aliphatic heterocycles. The molecule has 2 atom stereocenters. The van der Waals surface area contributed by atoms with Gasteiger partial charge in [0.05, 0.1) is 17.9 Å². The number of aromatic nitrogens is 1. The van der Waals surface area contributed by atoms with Gasteiger partial charge in [0.25, 0.3) is 0 Å². The highest BCUT2D eigenvalue weighted by Gasteiger charge is 2.25. The normalized spacial score (nSPS) is 23.3. The lowest BCUT2D eigenvalue weighted by Gasteiger charge is -2.35. The average molecular weight is 297 g/mol. The fourth-order valence-corrected chi connectivity index (χ4v) is 3.77. The van der Waals surface area contributed by atoms with E-state index in [0.717, 1.165) is 37.7 Å². The van der Waals surface area contributed by atoms with Crippen molar-refractivity contribution in [2.45, 2.75) is 59.3 Å². The third-order valence-corrected chi connectivity index (χ3v) is 4.66. The predicted molar refractivity (Wildman–Crippen MR) is 85.7 cm³/mol. The van der Waals surface area contributed by atoms with Crippen molar-refractivity contribution in [3.63, 3.8) is 0 Å². The lowest BCUT2D eigenvalue weighted by molar-refractivity contribution is -0.00523. The Morgan fingerprint density at radius 1 is 1.30 bits per heavy atom. The van der Waals surface area contributed by atoms with Crippen LogP contribution in [0.2, 0.25) is 0 Å². The van der Waals surface area contributed by atoms with E-state index < -0.39 is 0 Å². The summed E-state index contributed by atoms with van der Waals surface area (Å²) in [5.74, 6) is 0. The fraction of sp³-hybridized carbons (Fsp3) is 0.800. The van der Waals surface area contributed by atoms with Crippen LogP contribution in [-0.2, 0) is 17.7 Å². The Kier molecular flexibility index (Phi) is 5.81. The van der Waals surface area contributed by atoms with Crippen molar-refractivity contribution in [1.29, 1.82) is 0 Å². The average Bonchev–Trinajstić information content (AvgIpc) is 2.81. The molecule has 20 heavy (non-hydrogen) atoms. The molecular formula is C15H27N3OS. The molecule has 0 radical (unpaired) electrons. The van der Waals surface area contributed by atoms with Crippen LogP contribution in [0.1, 0.15) is 44.7 Å². The molecule has 1 N–H and O–H groups in total. The molecule has 5 heteroatoms. The van der Waals surface area contributed by atoms with Gasteiger partial charge in [-0.25, -0.2) is 4.98 Å². The Balaban J connectivity index is 2.07. The van der Waals surface area contributed by atoms with Crippen LogP contribution in [0.5, 0.6) is 0 Å². The van der Waals surface area contributed by atoms with Crippen LogP contribution in [0.3, 0.4) is 0 Å². The number of rotatable bonds is 6. The van der Waals surface area contributed by atoms with Gasteiger partial charge in [-0.15, -0.1) is 11.3 Å². The Bertz CT molecular complexity index is 411. The summed E-state index contributed by atoms with van der Waals surface area (Å²) in [7, 11) is 0. The van der Waals surface area contributed by atoms with Crippen LogP contribution < -0.4 is 10.2 Å². The number of nitrogens with one attached hydrogen (secondary N) is 1. The number of nitrogens with zero attached hydrogens (tertiary/aromatic N) is 2. The highest BCUT2D eigenvalue weighted by molar-refractivity contribution is 7.15. The maximum atomic E-state index is 5.80. The van der Waals surface area contributed by atoms with Crippen molar-refractivity contribution < 1.29 is 4.74 Å². The monoisotopic (exact) mass is 297 g/mol. The molecule has 1 aromatic heterocycles. The standard InChI is InChI=1S/C15H27N3OS/c1-5-7-16-8-14-13(6-2)17-15(20-14)18-9-11(3)19-12(4)10-18/h11-12,16H,5-10H2,1-4H3. The first-order valence-electron chi connectivity index (χ1n) is 7.73. The summed E-state index contributed by atoms with van der Waals surface area (Å²) < 4.78 is 5.80. The van der Waals surface area contributed by atoms with Gasteiger partial charge >= 0.3 is 0 Å². The van der Waals surface area contributed by atoms with Crippen molar-refractivity contribution in [2.75, 3.05) is 24.5 Å². The molecule has 0 amide bonds. The molecule has 0 aromatic carbocycles. The van der Waals surface area contributed by atoms with Gasteiger partial charge in [0.2, 0.25) is 0 Å². The van der Waals surface area contributed by atoms with E-state index in [1.165, 1.54) is 17.0 Å². The fourth-order valence-electron chi connectivity index (χ4n) is 2.63. The van der Waals surface area contributed by atoms with Crippen molar-refractivity contribution in [3.05, 3.63) is 10.6 Å². The van der Waals surface area contributed by atoms with Gasteiger partial charge in [-0.1, -0.05) is 13.8 Å². The Hall–Kier alpha value is -0.650. The highest BCUT2D eigenvalue weighted by Crippen LogP contribution is 2.29. The van der Waals surface area contributed by atoms with Gasteiger partial charge in [0.1, 0.15) is 0 Å². The molecule has 0 bridgehead atoms. The van der Waals surface area contributed by atoms with Crippen molar-refractivity contribution in [3.8, 4) is 0 Å². The minimum Gasteiger partial charge on any atom is -0.372 e. The first kappa shape index (κ1) is 15.7. The van der Waals surface area contributed by atoms with E-state index >= 15 is 0 Å². The van der Waals surface area contributed by atoms with E-state index in [1.54, 1.807) is 0 Å². The minimum atomic E-state index is 0.286. The Labute approximate surface area is 126 Å². The van der Waals surface area contributed by atoms with Gasteiger partial charge in [-0.05, 0) is 33.2 Å². The topological polar surface area (TPSA) is 37.4 Å². The van der Waals surface area contributed by atoms with E-state index in [9.17, 15) is 0 Å². The number of anilines is 1. The van der Waals surface area contributed by atoms with Gasteiger partial charge in [0, 0.05) is 24.5 Å². The molecule has 2 heterocycles. The molecule has 1 saturated heterocycles. The summed E-state index contributed by atoms with van der Waals surface area (Å²) in [4.78, 5) is 8.62. The maximum absolute atomic E-state index is 5.80. The molecule has 114 valence electrons.